The van der Waals surface area contributed by atoms with Crippen molar-refractivity contribution in [2.24, 2.45) is 4.76 Å². The van der Waals surface area contributed by atoms with Gasteiger partial charge in [0.1, 0.15) is 10.9 Å². The van der Waals surface area contributed by atoms with E-state index in [0.29, 0.717) is 0 Å². The standard InChI is InChI=1S/C18H19N6PS2/c1-13-16-17(24(20-13)15-11-7-4-8-12-15)21-25(26,22-18(16)27-2)23-19-14-9-5-3-6-10-14/h3-12,19H,1-2H3,(H2,21,22,23,26)/t25-/m0/s1. The molecule has 2 heterocycles. The first-order valence-electron chi connectivity index (χ1n) is 8.36. The summed E-state index contributed by atoms with van der Waals surface area (Å²) >= 11 is 7.46. The zero-order valence-electron chi connectivity index (χ0n) is 14.9. The highest BCUT2D eigenvalue weighted by Crippen LogP contribution is 2.50. The van der Waals surface area contributed by atoms with Crippen LogP contribution < -0.4 is 15.7 Å². The van der Waals surface area contributed by atoms with Gasteiger partial charge in [-0.2, -0.15) is 10.3 Å². The lowest BCUT2D eigenvalue weighted by molar-refractivity contribution is 0.871. The van der Waals surface area contributed by atoms with E-state index >= 15 is 0 Å². The largest absolute Gasteiger partial charge is 0.315 e. The molecule has 2 aromatic carbocycles. The maximum absolute atomic E-state index is 5.88. The topological polar surface area (TPSA) is 66.3 Å². The molecule has 27 heavy (non-hydrogen) atoms. The van der Waals surface area contributed by atoms with E-state index in [1.54, 1.807) is 11.8 Å². The summed E-state index contributed by atoms with van der Waals surface area (Å²) in [6.07, 6.45) is 2.01. The molecule has 138 valence electrons. The van der Waals surface area contributed by atoms with Crippen LogP contribution in [0.5, 0.6) is 0 Å². The van der Waals surface area contributed by atoms with Crippen molar-refractivity contribution in [2.75, 3.05) is 16.8 Å². The van der Waals surface area contributed by atoms with Crippen molar-refractivity contribution in [1.29, 1.82) is 0 Å². The van der Waals surface area contributed by atoms with Crippen molar-refractivity contribution in [3.63, 3.8) is 0 Å². The number of benzene rings is 2. The van der Waals surface area contributed by atoms with Gasteiger partial charge in [0, 0.05) is 5.69 Å². The lowest BCUT2D eigenvalue weighted by Gasteiger charge is -2.27. The quantitative estimate of drug-likeness (QED) is 0.430. The first kappa shape index (κ1) is 18.3. The molecule has 0 radical (unpaired) electrons. The number of aryl methyl sites for hydroxylation is 1. The van der Waals surface area contributed by atoms with Crippen LogP contribution in [-0.2, 0) is 11.8 Å². The van der Waals surface area contributed by atoms with Crippen LogP contribution in [-0.4, -0.2) is 21.1 Å². The molecule has 0 aliphatic carbocycles. The van der Waals surface area contributed by atoms with E-state index in [4.69, 9.17) is 21.7 Å². The molecule has 6 nitrogen and oxygen atoms in total. The second-order valence-corrected chi connectivity index (χ2v) is 10.1. The van der Waals surface area contributed by atoms with Gasteiger partial charge in [0.05, 0.1) is 16.9 Å². The number of nitrogens with zero attached hydrogens (tertiary/aromatic N) is 3. The van der Waals surface area contributed by atoms with Crippen LogP contribution in [0.4, 0.5) is 11.5 Å². The van der Waals surface area contributed by atoms with Crippen LogP contribution in [0.15, 0.2) is 65.4 Å². The van der Waals surface area contributed by atoms with Gasteiger partial charge in [-0.25, -0.2) is 9.44 Å². The predicted molar refractivity (Wildman–Crippen MR) is 119 cm³/mol. The summed E-state index contributed by atoms with van der Waals surface area (Å²) in [7, 11) is 0. The molecule has 1 aromatic heterocycles. The van der Waals surface area contributed by atoms with Gasteiger partial charge in [-0.05, 0) is 49.3 Å². The van der Waals surface area contributed by atoms with Crippen LogP contribution in [0.2, 0.25) is 0 Å². The number of hydrogen-bond donors (Lipinski definition) is 3. The van der Waals surface area contributed by atoms with E-state index in [1.807, 2.05) is 78.5 Å². The molecule has 0 saturated carbocycles. The number of aromatic nitrogens is 2. The van der Waals surface area contributed by atoms with Gasteiger partial charge < -0.3 is 10.5 Å². The number of hydrogen-bond acceptors (Lipinski definition) is 4. The Kier molecular flexibility index (Phi) is 5.06. The molecular weight excluding hydrogens is 395 g/mol. The molecule has 0 amide bonds. The fraction of sp³-hybridized carbons (Fsp3) is 0.111. The second-order valence-electron chi connectivity index (χ2n) is 5.96. The summed E-state index contributed by atoms with van der Waals surface area (Å²) in [5, 5.41) is 12.3. The minimum absolute atomic E-state index is 0.878. The number of rotatable bonds is 4. The SMILES string of the molecule is CSC1=N[P@](=S)(NNc2ccccc2)Nc2c1c(C)nn2-c1ccccc1. The normalized spacial score (nSPS) is 18.4. The van der Waals surface area contributed by atoms with Gasteiger partial charge in [-0.3, -0.25) is 0 Å². The molecule has 4 rings (SSSR count). The van der Waals surface area contributed by atoms with Crippen molar-refractivity contribution >= 4 is 46.6 Å². The molecular formula is C18H19N6PS2. The van der Waals surface area contributed by atoms with Crippen molar-refractivity contribution in [2.45, 2.75) is 6.92 Å². The average Bonchev–Trinajstić information content (AvgIpc) is 3.03. The summed E-state index contributed by atoms with van der Waals surface area (Å²) in [6, 6.07) is 19.9. The molecule has 0 saturated heterocycles. The minimum Gasteiger partial charge on any atom is -0.315 e. The van der Waals surface area contributed by atoms with Crippen molar-refractivity contribution in [3.05, 3.63) is 71.9 Å². The number of fused-ring (bicyclic) bond motifs is 1. The third-order valence-corrected chi connectivity index (χ3v) is 7.10. The average molecular weight is 415 g/mol. The van der Waals surface area contributed by atoms with E-state index in [9.17, 15) is 0 Å². The lowest BCUT2D eigenvalue weighted by Crippen LogP contribution is -2.25. The van der Waals surface area contributed by atoms with Crippen molar-refractivity contribution in [3.8, 4) is 5.69 Å². The van der Waals surface area contributed by atoms with E-state index in [2.05, 4.69) is 15.7 Å². The van der Waals surface area contributed by atoms with E-state index in [0.717, 1.165) is 33.5 Å². The highest BCUT2D eigenvalue weighted by molar-refractivity contribution is 8.17. The second kappa shape index (κ2) is 7.48. The fourth-order valence-corrected chi connectivity index (χ4v) is 6.07. The van der Waals surface area contributed by atoms with Gasteiger partial charge in [-0.15, -0.1) is 11.8 Å². The van der Waals surface area contributed by atoms with Crippen LogP contribution in [0.3, 0.4) is 0 Å². The van der Waals surface area contributed by atoms with E-state index < -0.39 is 6.49 Å². The smallest absolute Gasteiger partial charge is 0.227 e. The molecule has 0 spiro atoms. The maximum Gasteiger partial charge on any atom is 0.227 e. The zero-order valence-corrected chi connectivity index (χ0v) is 17.4. The number of nitrogens with one attached hydrogen (secondary N) is 3. The summed E-state index contributed by atoms with van der Waals surface area (Å²) in [5.74, 6) is 0.878. The Morgan fingerprint density at radius 3 is 2.41 bits per heavy atom. The molecule has 0 fully saturated rings. The first-order chi connectivity index (χ1) is 13.1. The monoisotopic (exact) mass is 414 g/mol. The van der Waals surface area contributed by atoms with Crippen molar-refractivity contribution < 1.29 is 0 Å². The molecule has 1 atom stereocenters. The van der Waals surface area contributed by atoms with Gasteiger partial charge in [0.2, 0.25) is 6.49 Å². The van der Waals surface area contributed by atoms with E-state index in [-0.39, 0.29) is 0 Å². The zero-order chi connectivity index (χ0) is 18.9. The van der Waals surface area contributed by atoms with Crippen LogP contribution in [0.25, 0.3) is 5.69 Å². The van der Waals surface area contributed by atoms with E-state index in [1.165, 1.54) is 0 Å². The Labute approximate surface area is 167 Å². The fourth-order valence-electron chi connectivity index (χ4n) is 2.85. The molecule has 0 bridgehead atoms. The Bertz CT molecular complexity index is 1030. The number of hydrazine groups is 1. The Morgan fingerprint density at radius 2 is 1.74 bits per heavy atom. The van der Waals surface area contributed by atoms with Gasteiger partial charge in [0.25, 0.3) is 0 Å². The third-order valence-electron chi connectivity index (χ3n) is 4.08. The van der Waals surface area contributed by atoms with Crippen LogP contribution in [0.1, 0.15) is 11.3 Å². The number of thioether (sulfide) groups is 1. The van der Waals surface area contributed by atoms with Crippen LogP contribution >= 0.6 is 18.3 Å². The Hall–Kier alpha value is -2.12. The number of para-hydroxylation sites is 2. The predicted octanol–water partition coefficient (Wildman–Crippen LogP) is 4.56. The first-order valence-corrected chi connectivity index (χ1v) is 12.3. The highest BCUT2D eigenvalue weighted by Gasteiger charge is 2.31. The van der Waals surface area contributed by atoms with Gasteiger partial charge in [-0.1, -0.05) is 36.4 Å². The Balaban J connectivity index is 1.72. The molecule has 1 aliphatic rings. The highest BCUT2D eigenvalue weighted by atomic mass is 32.4. The van der Waals surface area contributed by atoms with Crippen molar-refractivity contribution in [1.82, 2.24) is 15.0 Å². The van der Waals surface area contributed by atoms with Crippen LogP contribution in [0, 0.1) is 6.92 Å². The molecule has 3 aromatic rings. The summed E-state index contributed by atoms with van der Waals surface area (Å²) < 4.78 is 6.73. The maximum atomic E-state index is 5.88. The molecule has 0 unspecified atom stereocenters. The lowest BCUT2D eigenvalue weighted by atomic mass is 10.2. The summed E-state index contributed by atoms with van der Waals surface area (Å²) in [4.78, 5) is 0. The molecule has 1 aliphatic heterocycles. The third kappa shape index (κ3) is 3.66. The minimum atomic E-state index is -2.49. The number of anilines is 2. The summed E-state index contributed by atoms with van der Waals surface area (Å²) in [5.41, 5.74) is 7.03. The van der Waals surface area contributed by atoms with Gasteiger partial charge in [0.15, 0.2) is 0 Å². The molecule has 9 heteroatoms. The summed E-state index contributed by atoms with van der Waals surface area (Å²) in [6.45, 7) is -0.493. The molecule has 3 N–H and O–H groups in total. The van der Waals surface area contributed by atoms with Gasteiger partial charge >= 0.3 is 0 Å². The Morgan fingerprint density at radius 1 is 1.07 bits per heavy atom.